The van der Waals surface area contributed by atoms with Gasteiger partial charge in [-0.3, -0.25) is 0 Å². The normalized spacial score (nSPS) is 24.2. The first-order valence-corrected chi connectivity index (χ1v) is 7.65. The predicted octanol–water partition coefficient (Wildman–Crippen LogP) is 2.23. The summed E-state index contributed by atoms with van der Waals surface area (Å²) in [4.78, 5) is 25.9. The van der Waals surface area contributed by atoms with Crippen LogP contribution in [0.25, 0.3) is 0 Å². The lowest BCUT2D eigenvalue weighted by molar-refractivity contribution is -0.145. The molecule has 1 aliphatic heterocycles. The molecule has 0 aliphatic carbocycles. The molecule has 0 aromatic carbocycles. The van der Waals surface area contributed by atoms with Crippen molar-refractivity contribution in [3.8, 4) is 0 Å². The first-order chi connectivity index (χ1) is 9.68. The fourth-order valence-corrected chi connectivity index (χ4v) is 2.62. The second-order valence-corrected chi connectivity index (χ2v) is 6.71. The molecule has 0 radical (unpaired) electrons. The van der Waals surface area contributed by atoms with Crippen LogP contribution in [0, 0.1) is 0 Å². The van der Waals surface area contributed by atoms with E-state index in [2.05, 4.69) is 17.1 Å². The maximum absolute atomic E-state index is 11.9. The van der Waals surface area contributed by atoms with E-state index in [4.69, 9.17) is 4.74 Å². The third kappa shape index (κ3) is 5.53. The molecular weight excluding hydrogens is 272 g/mol. The molecule has 1 heterocycles. The topological polar surface area (TPSA) is 78.9 Å². The van der Waals surface area contributed by atoms with Crippen molar-refractivity contribution in [2.75, 3.05) is 19.6 Å². The van der Waals surface area contributed by atoms with Crippen LogP contribution in [-0.2, 0) is 9.53 Å². The van der Waals surface area contributed by atoms with Crippen LogP contribution in [0.15, 0.2) is 0 Å². The number of hydrogen-bond acceptors (Lipinski definition) is 4. The molecule has 0 spiro atoms. The van der Waals surface area contributed by atoms with Crippen LogP contribution in [0.1, 0.15) is 53.4 Å². The molecular formula is C15H28N2O4. The number of carboxylic acids is 1. The van der Waals surface area contributed by atoms with Gasteiger partial charge < -0.3 is 20.1 Å². The second kappa shape index (κ2) is 7.11. The van der Waals surface area contributed by atoms with E-state index in [0.29, 0.717) is 19.4 Å². The number of alkyl carbamates (subject to hydrolysis) is 1. The van der Waals surface area contributed by atoms with Gasteiger partial charge in [-0.1, -0.05) is 6.92 Å². The number of likely N-dealkylation sites (tertiary alicyclic amines) is 1. The summed E-state index contributed by atoms with van der Waals surface area (Å²) in [6, 6.07) is 0. The quantitative estimate of drug-likeness (QED) is 0.832. The zero-order valence-corrected chi connectivity index (χ0v) is 13.6. The van der Waals surface area contributed by atoms with Gasteiger partial charge in [0.25, 0.3) is 0 Å². The number of rotatable bonds is 4. The lowest BCUT2D eigenvalue weighted by Gasteiger charge is -2.31. The van der Waals surface area contributed by atoms with E-state index in [1.165, 1.54) is 0 Å². The summed E-state index contributed by atoms with van der Waals surface area (Å²) in [5.74, 6) is -0.980. The van der Waals surface area contributed by atoms with Crippen LogP contribution in [-0.4, -0.2) is 52.8 Å². The summed E-state index contributed by atoms with van der Waals surface area (Å²) >= 11 is 0. The molecule has 1 amide bonds. The average molecular weight is 300 g/mol. The van der Waals surface area contributed by atoms with Gasteiger partial charge in [0.1, 0.15) is 11.1 Å². The number of hydrogen-bond donors (Lipinski definition) is 2. The van der Waals surface area contributed by atoms with Crippen molar-refractivity contribution >= 4 is 12.1 Å². The summed E-state index contributed by atoms with van der Waals surface area (Å²) < 4.78 is 5.20. The van der Waals surface area contributed by atoms with E-state index in [1.54, 1.807) is 20.8 Å². The Bertz CT molecular complexity index is 378. The first-order valence-electron chi connectivity index (χ1n) is 7.65. The minimum atomic E-state index is -1.22. The number of carboxylic acid groups (broad SMARTS) is 1. The fourth-order valence-electron chi connectivity index (χ4n) is 2.62. The highest BCUT2D eigenvalue weighted by Gasteiger charge is 2.42. The minimum absolute atomic E-state index is 0.404. The summed E-state index contributed by atoms with van der Waals surface area (Å²) in [6.07, 6.45) is 1.97. The van der Waals surface area contributed by atoms with Gasteiger partial charge in [0.05, 0.1) is 0 Å². The van der Waals surface area contributed by atoms with Gasteiger partial charge in [-0.05, 0) is 59.5 Å². The molecule has 0 aromatic heterocycles. The molecule has 21 heavy (non-hydrogen) atoms. The van der Waals surface area contributed by atoms with E-state index >= 15 is 0 Å². The highest BCUT2D eigenvalue weighted by atomic mass is 16.6. The molecule has 1 atom stereocenters. The van der Waals surface area contributed by atoms with Gasteiger partial charge in [0.2, 0.25) is 0 Å². The summed E-state index contributed by atoms with van der Waals surface area (Å²) in [5.41, 5.74) is -1.85. The molecule has 0 aromatic rings. The standard InChI is InChI=1S/C15H28N2O4/c1-5-9-17-10-6-7-15(8-11-17,12(18)19)16-13(20)21-14(2,3)4/h5-11H2,1-4H3,(H,16,20)(H,18,19). The van der Waals surface area contributed by atoms with E-state index in [-0.39, 0.29) is 0 Å². The van der Waals surface area contributed by atoms with Crippen LogP contribution >= 0.6 is 0 Å². The summed E-state index contributed by atoms with van der Waals surface area (Å²) in [7, 11) is 0. The Kier molecular flexibility index (Phi) is 6.01. The zero-order chi connectivity index (χ0) is 16.1. The number of carbonyl (C=O) groups excluding carboxylic acids is 1. The van der Waals surface area contributed by atoms with E-state index in [0.717, 1.165) is 25.9 Å². The average Bonchev–Trinajstić information content (AvgIpc) is 2.51. The lowest BCUT2D eigenvalue weighted by Crippen LogP contribution is -2.56. The van der Waals surface area contributed by atoms with Crippen molar-refractivity contribution in [3.05, 3.63) is 0 Å². The van der Waals surface area contributed by atoms with Gasteiger partial charge in [-0.25, -0.2) is 9.59 Å². The van der Waals surface area contributed by atoms with E-state index in [1.807, 2.05) is 0 Å². The zero-order valence-electron chi connectivity index (χ0n) is 13.6. The largest absolute Gasteiger partial charge is 0.480 e. The molecule has 2 N–H and O–H groups in total. The number of aliphatic carboxylic acids is 1. The van der Waals surface area contributed by atoms with Crippen molar-refractivity contribution in [1.29, 1.82) is 0 Å². The van der Waals surface area contributed by atoms with Crippen LogP contribution in [0.4, 0.5) is 4.79 Å². The maximum Gasteiger partial charge on any atom is 0.408 e. The van der Waals surface area contributed by atoms with Crippen molar-refractivity contribution in [1.82, 2.24) is 10.2 Å². The van der Waals surface area contributed by atoms with E-state index < -0.39 is 23.2 Å². The summed E-state index contributed by atoms with van der Waals surface area (Å²) in [6.45, 7) is 9.90. The molecule has 122 valence electrons. The molecule has 1 aliphatic rings. The second-order valence-electron chi connectivity index (χ2n) is 6.71. The number of ether oxygens (including phenoxy) is 1. The number of nitrogens with zero attached hydrogens (tertiary/aromatic N) is 1. The highest BCUT2D eigenvalue weighted by molar-refractivity contribution is 5.84. The smallest absolute Gasteiger partial charge is 0.408 e. The SMILES string of the molecule is CCCN1CCCC(NC(=O)OC(C)(C)C)(C(=O)O)CC1. The van der Waals surface area contributed by atoms with Crippen molar-refractivity contribution in [3.63, 3.8) is 0 Å². The van der Waals surface area contributed by atoms with Crippen molar-refractivity contribution in [2.24, 2.45) is 0 Å². The third-order valence-corrected chi connectivity index (χ3v) is 3.62. The lowest BCUT2D eigenvalue weighted by atomic mass is 9.91. The van der Waals surface area contributed by atoms with Gasteiger partial charge in [-0.15, -0.1) is 0 Å². The van der Waals surface area contributed by atoms with Crippen LogP contribution in [0.3, 0.4) is 0 Å². The van der Waals surface area contributed by atoms with Gasteiger partial charge in [-0.2, -0.15) is 0 Å². The Hall–Kier alpha value is -1.30. The first kappa shape index (κ1) is 17.8. The van der Waals surface area contributed by atoms with Crippen molar-refractivity contribution < 1.29 is 19.4 Å². The fraction of sp³-hybridized carbons (Fsp3) is 0.867. The Balaban J connectivity index is 2.75. The van der Waals surface area contributed by atoms with E-state index in [9.17, 15) is 14.7 Å². The molecule has 6 nitrogen and oxygen atoms in total. The third-order valence-electron chi connectivity index (χ3n) is 3.62. The van der Waals surface area contributed by atoms with Gasteiger partial charge in [0.15, 0.2) is 0 Å². The number of amides is 1. The molecule has 1 unspecified atom stereocenters. The predicted molar refractivity (Wildman–Crippen MR) is 80.3 cm³/mol. The molecule has 1 rings (SSSR count). The Morgan fingerprint density at radius 2 is 1.95 bits per heavy atom. The van der Waals surface area contributed by atoms with Crippen LogP contribution < -0.4 is 5.32 Å². The molecule has 0 bridgehead atoms. The van der Waals surface area contributed by atoms with Crippen molar-refractivity contribution in [2.45, 2.75) is 64.5 Å². The molecule has 1 saturated heterocycles. The monoisotopic (exact) mass is 300 g/mol. The van der Waals surface area contributed by atoms with Crippen LogP contribution in [0.2, 0.25) is 0 Å². The Morgan fingerprint density at radius 3 is 2.48 bits per heavy atom. The number of nitrogens with one attached hydrogen (secondary N) is 1. The molecule has 1 fully saturated rings. The Morgan fingerprint density at radius 1 is 1.29 bits per heavy atom. The van der Waals surface area contributed by atoms with Gasteiger partial charge >= 0.3 is 12.1 Å². The summed E-state index contributed by atoms with van der Waals surface area (Å²) in [5, 5.41) is 12.2. The van der Waals surface area contributed by atoms with Gasteiger partial charge in [0, 0.05) is 6.54 Å². The number of carbonyl (C=O) groups is 2. The highest BCUT2D eigenvalue weighted by Crippen LogP contribution is 2.24. The van der Waals surface area contributed by atoms with Crippen LogP contribution in [0.5, 0.6) is 0 Å². The minimum Gasteiger partial charge on any atom is -0.480 e. The molecule has 6 heteroatoms. The molecule has 0 saturated carbocycles. The Labute approximate surface area is 126 Å². The maximum atomic E-state index is 11.9.